The van der Waals surface area contributed by atoms with Gasteiger partial charge in [0.15, 0.2) is 0 Å². The normalized spacial score (nSPS) is 20.4. The first-order valence-corrected chi connectivity index (χ1v) is 12.4. The first kappa shape index (κ1) is 24.4. The number of aryl methyl sites for hydroxylation is 1. The summed E-state index contributed by atoms with van der Waals surface area (Å²) in [6, 6.07) is 7.45. The van der Waals surface area contributed by atoms with Gasteiger partial charge in [0.25, 0.3) is 0 Å². The highest BCUT2D eigenvalue weighted by Gasteiger charge is 2.42. The van der Waals surface area contributed by atoms with Gasteiger partial charge < -0.3 is 15.3 Å². The molecule has 4 atom stereocenters. The number of carbonyl (C=O) groups excluding carboxylic acids is 2. The van der Waals surface area contributed by atoms with E-state index in [2.05, 4.69) is 24.1 Å². The number of aliphatic hydroxyl groups is 1. The third-order valence-corrected chi connectivity index (χ3v) is 7.53. The minimum Gasteiger partial charge on any atom is -0.391 e. The average molecular weight is 458 g/mol. The van der Waals surface area contributed by atoms with Crippen LogP contribution in [0.3, 0.4) is 0 Å². The smallest absolute Gasteiger partial charge is 0.243 e. The molecular weight excluding hydrogens is 422 g/mol. The maximum Gasteiger partial charge on any atom is 0.243 e. The Morgan fingerprint density at radius 1 is 1.25 bits per heavy atom. The summed E-state index contributed by atoms with van der Waals surface area (Å²) in [5, 5.41) is 13.2. The third kappa shape index (κ3) is 5.38. The van der Waals surface area contributed by atoms with Crippen LogP contribution in [0.4, 0.5) is 0 Å². The van der Waals surface area contributed by atoms with Gasteiger partial charge in [0.1, 0.15) is 6.04 Å². The summed E-state index contributed by atoms with van der Waals surface area (Å²) in [7, 11) is 0. The fraction of sp³-hybridized carbons (Fsp3) is 0.560. The Kier molecular flexibility index (Phi) is 8.06. The number of hydrogen-bond acceptors (Lipinski definition) is 5. The molecule has 32 heavy (non-hydrogen) atoms. The van der Waals surface area contributed by atoms with Gasteiger partial charge in [0, 0.05) is 25.4 Å². The number of nitrogens with one attached hydrogen (secondary N) is 1. The molecule has 1 saturated heterocycles. The second kappa shape index (κ2) is 10.6. The summed E-state index contributed by atoms with van der Waals surface area (Å²) in [6.45, 7) is 10.9. The number of rotatable bonds is 8. The molecule has 2 heterocycles. The van der Waals surface area contributed by atoms with Gasteiger partial charge in [-0.25, -0.2) is 4.98 Å². The number of hydrogen-bond donors (Lipinski definition) is 2. The summed E-state index contributed by atoms with van der Waals surface area (Å²) in [4.78, 5) is 33.4. The SMILES string of the molecule is CCC(C)C(C(=O)N1CC(O)CC1C(=O)NCc1ccc(-c2scnc2C)cc1)C(C)C. The highest BCUT2D eigenvalue weighted by atomic mass is 32.1. The fourth-order valence-corrected chi connectivity index (χ4v) is 5.41. The van der Waals surface area contributed by atoms with Crippen LogP contribution in [0.15, 0.2) is 29.8 Å². The Balaban J connectivity index is 1.65. The van der Waals surface area contributed by atoms with Gasteiger partial charge in [0.05, 0.1) is 22.2 Å². The van der Waals surface area contributed by atoms with E-state index in [1.54, 1.807) is 16.2 Å². The van der Waals surface area contributed by atoms with Crippen LogP contribution < -0.4 is 5.32 Å². The van der Waals surface area contributed by atoms with E-state index in [9.17, 15) is 14.7 Å². The van der Waals surface area contributed by atoms with Crippen molar-refractivity contribution in [3.05, 3.63) is 41.0 Å². The number of amides is 2. The van der Waals surface area contributed by atoms with Crippen molar-refractivity contribution in [1.29, 1.82) is 0 Å². The van der Waals surface area contributed by atoms with Crippen molar-refractivity contribution in [2.24, 2.45) is 17.8 Å². The fourth-order valence-electron chi connectivity index (χ4n) is 4.60. The molecule has 174 valence electrons. The summed E-state index contributed by atoms with van der Waals surface area (Å²) in [5.41, 5.74) is 4.95. The Morgan fingerprint density at radius 2 is 1.94 bits per heavy atom. The Hall–Kier alpha value is -2.25. The van der Waals surface area contributed by atoms with Gasteiger partial charge in [-0.2, -0.15) is 0 Å². The molecule has 1 aromatic carbocycles. The Labute approximate surface area is 195 Å². The van der Waals surface area contributed by atoms with Crippen molar-refractivity contribution in [3.8, 4) is 10.4 Å². The lowest BCUT2D eigenvalue weighted by molar-refractivity contribution is -0.144. The lowest BCUT2D eigenvalue weighted by Gasteiger charge is -2.32. The number of aliphatic hydroxyl groups excluding tert-OH is 1. The number of likely N-dealkylation sites (tertiary alicyclic amines) is 1. The highest BCUT2D eigenvalue weighted by Crippen LogP contribution is 2.30. The summed E-state index contributed by atoms with van der Waals surface area (Å²) < 4.78 is 0. The number of nitrogens with zero attached hydrogens (tertiary/aromatic N) is 2. The van der Waals surface area contributed by atoms with Crippen LogP contribution in [0.2, 0.25) is 0 Å². The van der Waals surface area contributed by atoms with E-state index >= 15 is 0 Å². The lowest BCUT2D eigenvalue weighted by Crippen LogP contribution is -2.49. The van der Waals surface area contributed by atoms with Gasteiger partial charge in [-0.05, 0) is 29.9 Å². The molecule has 2 amide bonds. The van der Waals surface area contributed by atoms with Crippen molar-refractivity contribution in [2.75, 3.05) is 6.54 Å². The van der Waals surface area contributed by atoms with Crippen LogP contribution in [0, 0.1) is 24.7 Å². The molecule has 0 aliphatic carbocycles. The van der Waals surface area contributed by atoms with Gasteiger partial charge in [-0.15, -0.1) is 11.3 Å². The second-order valence-corrected chi connectivity index (χ2v) is 10.1. The monoisotopic (exact) mass is 457 g/mol. The average Bonchev–Trinajstić information content (AvgIpc) is 3.37. The van der Waals surface area contributed by atoms with E-state index < -0.39 is 12.1 Å². The van der Waals surface area contributed by atoms with Crippen LogP contribution in [-0.4, -0.2) is 45.5 Å². The molecule has 0 spiro atoms. The lowest BCUT2D eigenvalue weighted by atomic mass is 9.81. The Bertz CT molecular complexity index is 925. The van der Waals surface area contributed by atoms with Gasteiger partial charge in [-0.1, -0.05) is 58.4 Å². The van der Waals surface area contributed by atoms with Gasteiger partial charge in [-0.3, -0.25) is 9.59 Å². The van der Waals surface area contributed by atoms with E-state index in [-0.39, 0.29) is 42.5 Å². The minimum absolute atomic E-state index is 0.0182. The number of aromatic nitrogens is 1. The van der Waals surface area contributed by atoms with Crippen molar-refractivity contribution < 1.29 is 14.7 Å². The van der Waals surface area contributed by atoms with Crippen LogP contribution in [0.1, 0.15) is 51.8 Å². The molecule has 2 aromatic rings. The molecule has 0 bridgehead atoms. The quantitative estimate of drug-likeness (QED) is 0.627. The number of thiazole rings is 1. The number of carbonyl (C=O) groups is 2. The van der Waals surface area contributed by atoms with Crippen LogP contribution in [-0.2, 0) is 16.1 Å². The van der Waals surface area contributed by atoms with E-state index in [1.165, 1.54) is 0 Å². The number of benzene rings is 1. The Morgan fingerprint density at radius 3 is 2.50 bits per heavy atom. The molecule has 1 aliphatic heterocycles. The van der Waals surface area contributed by atoms with Crippen molar-refractivity contribution in [2.45, 2.75) is 66.2 Å². The summed E-state index contributed by atoms with van der Waals surface area (Å²) >= 11 is 1.61. The third-order valence-electron chi connectivity index (χ3n) is 6.55. The zero-order chi connectivity index (χ0) is 23.4. The van der Waals surface area contributed by atoms with Crippen molar-refractivity contribution in [3.63, 3.8) is 0 Å². The van der Waals surface area contributed by atoms with E-state index in [1.807, 2.05) is 50.5 Å². The maximum atomic E-state index is 13.3. The molecule has 2 N–H and O–H groups in total. The van der Waals surface area contributed by atoms with Gasteiger partial charge in [0.2, 0.25) is 11.8 Å². The predicted octanol–water partition coefficient (Wildman–Crippen LogP) is 4.01. The molecule has 3 rings (SSSR count). The summed E-state index contributed by atoms with van der Waals surface area (Å²) in [5.74, 6) is 0.0341. The van der Waals surface area contributed by atoms with Crippen molar-refractivity contribution >= 4 is 23.2 Å². The highest BCUT2D eigenvalue weighted by molar-refractivity contribution is 7.13. The molecular formula is C25H35N3O3S. The molecule has 6 nitrogen and oxygen atoms in total. The molecule has 0 radical (unpaired) electrons. The largest absolute Gasteiger partial charge is 0.391 e. The zero-order valence-corrected chi connectivity index (χ0v) is 20.5. The molecule has 0 saturated carbocycles. The number of β-amino-alcohol motifs (C(OH)–C–C–N with tert-alkyl or cyclic N) is 1. The van der Waals surface area contributed by atoms with E-state index in [0.717, 1.165) is 28.1 Å². The first-order chi connectivity index (χ1) is 15.2. The molecule has 1 aromatic heterocycles. The van der Waals surface area contributed by atoms with E-state index in [4.69, 9.17) is 0 Å². The van der Waals surface area contributed by atoms with E-state index in [0.29, 0.717) is 6.54 Å². The van der Waals surface area contributed by atoms with Crippen molar-refractivity contribution in [1.82, 2.24) is 15.2 Å². The van der Waals surface area contributed by atoms with Crippen LogP contribution in [0.5, 0.6) is 0 Å². The zero-order valence-electron chi connectivity index (χ0n) is 19.7. The first-order valence-electron chi connectivity index (χ1n) is 11.5. The molecule has 1 aliphatic rings. The maximum absolute atomic E-state index is 13.3. The topological polar surface area (TPSA) is 82.5 Å². The molecule has 7 heteroatoms. The van der Waals surface area contributed by atoms with Crippen LogP contribution in [0.25, 0.3) is 10.4 Å². The summed E-state index contributed by atoms with van der Waals surface area (Å²) in [6.07, 6.45) is 0.521. The second-order valence-electron chi connectivity index (χ2n) is 9.23. The molecule has 4 unspecified atom stereocenters. The standard InChI is InChI=1S/C25H35N3O3S/c1-6-16(4)22(15(2)3)25(31)28-13-20(29)11-21(28)24(30)26-12-18-7-9-19(10-8-18)23-17(5)27-14-32-23/h7-10,14-16,20-22,29H,6,11-13H2,1-5H3,(H,26,30). The minimum atomic E-state index is -0.665. The van der Waals surface area contributed by atoms with Gasteiger partial charge >= 0.3 is 0 Å². The molecule has 1 fully saturated rings. The predicted molar refractivity (Wildman–Crippen MR) is 128 cm³/mol. The van der Waals surface area contributed by atoms with Crippen LogP contribution >= 0.6 is 11.3 Å².